The summed E-state index contributed by atoms with van der Waals surface area (Å²) in [5.74, 6) is 0.958. The Labute approximate surface area is 144 Å². The van der Waals surface area contributed by atoms with E-state index in [2.05, 4.69) is 0 Å². The van der Waals surface area contributed by atoms with Crippen LogP contribution in [0.15, 0.2) is 40.8 Å². The Bertz CT molecular complexity index is 706. The number of halogens is 3. The van der Waals surface area contributed by atoms with E-state index in [0.717, 1.165) is 12.1 Å². The SMILES string of the molecule is CCN(Cc1ccc(-c2ccc(C(F)(F)F)cc2)o1)C(=O)CC(C)N. The molecule has 25 heavy (non-hydrogen) atoms. The number of hydrogen-bond donors (Lipinski definition) is 1. The molecule has 2 aromatic rings. The Morgan fingerprint density at radius 3 is 2.36 bits per heavy atom. The van der Waals surface area contributed by atoms with Crippen molar-refractivity contribution in [2.45, 2.75) is 39.0 Å². The van der Waals surface area contributed by atoms with E-state index >= 15 is 0 Å². The Hall–Kier alpha value is -2.28. The van der Waals surface area contributed by atoms with Crippen LogP contribution < -0.4 is 5.73 Å². The number of benzene rings is 1. The fraction of sp³-hybridized carbons (Fsp3) is 0.389. The smallest absolute Gasteiger partial charge is 0.416 e. The van der Waals surface area contributed by atoms with Crippen molar-refractivity contribution in [3.63, 3.8) is 0 Å². The zero-order chi connectivity index (χ0) is 18.6. The van der Waals surface area contributed by atoms with Crippen molar-refractivity contribution < 1.29 is 22.4 Å². The highest BCUT2D eigenvalue weighted by Gasteiger charge is 2.30. The number of amides is 1. The van der Waals surface area contributed by atoms with Crippen molar-refractivity contribution in [1.29, 1.82) is 0 Å². The molecule has 0 aliphatic carbocycles. The highest BCUT2D eigenvalue weighted by Crippen LogP contribution is 2.31. The minimum Gasteiger partial charge on any atom is -0.459 e. The second-order valence-electron chi connectivity index (χ2n) is 5.93. The summed E-state index contributed by atoms with van der Waals surface area (Å²) >= 11 is 0. The van der Waals surface area contributed by atoms with Crippen LogP contribution in [-0.4, -0.2) is 23.4 Å². The molecule has 1 amide bonds. The molecule has 4 nitrogen and oxygen atoms in total. The second-order valence-corrected chi connectivity index (χ2v) is 5.93. The molecule has 1 unspecified atom stereocenters. The van der Waals surface area contributed by atoms with Crippen molar-refractivity contribution in [1.82, 2.24) is 4.90 Å². The molecule has 1 atom stereocenters. The number of nitrogens with zero attached hydrogens (tertiary/aromatic N) is 1. The van der Waals surface area contributed by atoms with E-state index in [-0.39, 0.29) is 18.4 Å². The summed E-state index contributed by atoms with van der Waals surface area (Å²) in [6.45, 7) is 4.44. The maximum absolute atomic E-state index is 12.6. The van der Waals surface area contributed by atoms with Gasteiger partial charge in [0.2, 0.25) is 5.91 Å². The van der Waals surface area contributed by atoms with E-state index in [4.69, 9.17) is 10.2 Å². The highest BCUT2D eigenvalue weighted by molar-refractivity contribution is 5.76. The summed E-state index contributed by atoms with van der Waals surface area (Å²) in [5.41, 5.74) is 5.49. The number of nitrogens with two attached hydrogens (primary N) is 1. The minimum absolute atomic E-state index is 0.0648. The molecule has 0 fully saturated rings. The Morgan fingerprint density at radius 1 is 1.20 bits per heavy atom. The van der Waals surface area contributed by atoms with Gasteiger partial charge in [-0.25, -0.2) is 0 Å². The van der Waals surface area contributed by atoms with Crippen molar-refractivity contribution in [2.75, 3.05) is 6.54 Å². The van der Waals surface area contributed by atoms with Gasteiger partial charge in [0.1, 0.15) is 11.5 Å². The summed E-state index contributed by atoms with van der Waals surface area (Å²) in [7, 11) is 0. The monoisotopic (exact) mass is 354 g/mol. The maximum atomic E-state index is 12.6. The van der Waals surface area contributed by atoms with Crippen LogP contribution in [0, 0.1) is 0 Å². The van der Waals surface area contributed by atoms with Gasteiger partial charge in [-0.15, -0.1) is 0 Å². The Kier molecular flexibility index (Phi) is 5.89. The first-order valence-corrected chi connectivity index (χ1v) is 8.00. The van der Waals surface area contributed by atoms with Crippen LogP contribution in [-0.2, 0) is 17.5 Å². The van der Waals surface area contributed by atoms with Gasteiger partial charge in [0, 0.05) is 24.6 Å². The standard InChI is InChI=1S/C18H21F3N2O2/c1-3-23(17(24)10-12(2)22)11-15-8-9-16(25-15)13-4-6-14(7-5-13)18(19,20)21/h4-9,12H,3,10-11,22H2,1-2H3. The first-order chi connectivity index (χ1) is 11.7. The average molecular weight is 354 g/mol. The first kappa shape index (κ1) is 19.1. The van der Waals surface area contributed by atoms with E-state index in [9.17, 15) is 18.0 Å². The predicted molar refractivity (Wildman–Crippen MR) is 88.5 cm³/mol. The molecule has 136 valence electrons. The normalized spacial score (nSPS) is 12.9. The van der Waals surface area contributed by atoms with Crippen LogP contribution in [0.3, 0.4) is 0 Å². The lowest BCUT2D eigenvalue weighted by Gasteiger charge is -2.20. The zero-order valence-corrected chi connectivity index (χ0v) is 14.1. The fourth-order valence-electron chi connectivity index (χ4n) is 2.41. The molecule has 0 aliphatic rings. The average Bonchev–Trinajstić information content (AvgIpc) is 2.99. The maximum Gasteiger partial charge on any atom is 0.416 e. The third-order valence-corrected chi connectivity index (χ3v) is 3.74. The largest absolute Gasteiger partial charge is 0.459 e. The van der Waals surface area contributed by atoms with E-state index in [1.165, 1.54) is 12.1 Å². The molecule has 0 aliphatic heterocycles. The lowest BCUT2D eigenvalue weighted by molar-refractivity contribution is -0.137. The highest BCUT2D eigenvalue weighted by atomic mass is 19.4. The van der Waals surface area contributed by atoms with Gasteiger partial charge in [-0.1, -0.05) is 12.1 Å². The lowest BCUT2D eigenvalue weighted by Crippen LogP contribution is -2.34. The Balaban J connectivity index is 2.10. The molecule has 0 spiro atoms. The van der Waals surface area contributed by atoms with Crippen LogP contribution in [0.5, 0.6) is 0 Å². The van der Waals surface area contributed by atoms with Crippen molar-refractivity contribution >= 4 is 5.91 Å². The zero-order valence-electron chi connectivity index (χ0n) is 14.1. The summed E-state index contributed by atoms with van der Waals surface area (Å²) in [4.78, 5) is 13.7. The van der Waals surface area contributed by atoms with Crippen LogP contribution in [0.25, 0.3) is 11.3 Å². The Morgan fingerprint density at radius 2 is 1.84 bits per heavy atom. The molecule has 0 radical (unpaired) electrons. The van der Waals surface area contributed by atoms with E-state index in [1.54, 1.807) is 24.0 Å². The lowest BCUT2D eigenvalue weighted by atomic mass is 10.1. The van der Waals surface area contributed by atoms with E-state index in [0.29, 0.717) is 30.2 Å². The number of alkyl halides is 3. The number of rotatable bonds is 6. The quantitative estimate of drug-likeness (QED) is 0.851. The summed E-state index contributed by atoms with van der Waals surface area (Å²) in [6, 6.07) is 7.94. The van der Waals surface area contributed by atoms with Crippen LogP contribution >= 0.6 is 0 Å². The van der Waals surface area contributed by atoms with Gasteiger partial charge in [-0.05, 0) is 38.1 Å². The third kappa shape index (κ3) is 5.09. The molecule has 1 aromatic heterocycles. The molecule has 7 heteroatoms. The number of furan rings is 1. The van der Waals surface area contributed by atoms with Crippen molar-refractivity contribution in [3.05, 3.63) is 47.7 Å². The molecule has 1 aromatic carbocycles. The molecular weight excluding hydrogens is 333 g/mol. The van der Waals surface area contributed by atoms with Gasteiger partial charge in [0.25, 0.3) is 0 Å². The summed E-state index contributed by atoms with van der Waals surface area (Å²) < 4.78 is 43.5. The molecule has 2 N–H and O–H groups in total. The van der Waals surface area contributed by atoms with Gasteiger partial charge in [0.15, 0.2) is 0 Å². The van der Waals surface area contributed by atoms with Gasteiger partial charge in [-0.2, -0.15) is 13.2 Å². The predicted octanol–water partition coefficient (Wildman–Crippen LogP) is 4.05. The van der Waals surface area contributed by atoms with E-state index < -0.39 is 11.7 Å². The van der Waals surface area contributed by atoms with Gasteiger partial charge in [-0.3, -0.25) is 4.79 Å². The van der Waals surface area contributed by atoms with Gasteiger partial charge in [0.05, 0.1) is 12.1 Å². The van der Waals surface area contributed by atoms with Gasteiger partial charge >= 0.3 is 6.18 Å². The summed E-state index contributed by atoms with van der Waals surface area (Å²) in [6.07, 6.45) is -4.12. The number of carbonyl (C=O) groups excluding carboxylic acids is 1. The van der Waals surface area contributed by atoms with Crippen molar-refractivity contribution in [3.8, 4) is 11.3 Å². The first-order valence-electron chi connectivity index (χ1n) is 8.00. The molecule has 2 rings (SSSR count). The molecule has 0 saturated carbocycles. The summed E-state index contributed by atoms with van der Waals surface area (Å²) in [5, 5.41) is 0. The third-order valence-electron chi connectivity index (χ3n) is 3.74. The molecule has 0 bridgehead atoms. The molecular formula is C18H21F3N2O2. The second kappa shape index (κ2) is 7.74. The number of carbonyl (C=O) groups is 1. The van der Waals surface area contributed by atoms with Crippen molar-refractivity contribution in [2.24, 2.45) is 5.73 Å². The molecule has 0 saturated heterocycles. The van der Waals surface area contributed by atoms with Crippen LogP contribution in [0.1, 0.15) is 31.6 Å². The minimum atomic E-state index is -4.37. The topological polar surface area (TPSA) is 59.5 Å². The van der Waals surface area contributed by atoms with Gasteiger partial charge < -0.3 is 15.1 Å². The fourth-order valence-corrected chi connectivity index (χ4v) is 2.41. The van der Waals surface area contributed by atoms with E-state index in [1.807, 2.05) is 6.92 Å². The molecule has 1 heterocycles. The number of hydrogen-bond acceptors (Lipinski definition) is 3. The van der Waals surface area contributed by atoms with Crippen LogP contribution in [0.2, 0.25) is 0 Å². The van der Waals surface area contributed by atoms with Crippen LogP contribution in [0.4, 0.5) is 13.2 Å².